The largest absolute Gasteiger partial charge is 0.323 e. The quantitative estimate of drug-likeness (QED) is 0.303. The Morgan fingerprint density at radius 3 is 2.41 bits per heavy atom. The summed E-state index contributed by atoms with van der Waals surface area (Å²) in [6.45, 7) is 1.63. The van der Waals surface area contributed by atoms with E-state index in [1.807, 2.05) is 4.72 Å². The van der Waals surface area contributed by atoms with Gasteiger partial charge in [0.05, 0.1) is 28.2 Å². The molecule has 10 nitrogen and oxygen atoms in total. The van der Waals surface area contributed by atoms with Crippen LogP contribution in [0.2, 0.25) is 0 Å². The molecule has 2 heterocycles. The van der Waals surface area contributed by atoms with Gasteiger partial charge in [-0.25, -0.2) is 35.6 Å². The van der Waals surface area contributed by atoms with Crippen LogP contribution in [0.5, 0.6) is 0 Å². The number of anilines is 2. The number of fused-ring (bicyclic) bond motifs is 1. The molecule has 0 bridgehead atoms. The molecule has 1 amide bonds. The molecule has 0 radical (unpaired) electrons. The maximum absolute atomic E-state index is 14.9. The van der Waals surface area contributed by atoms with Crippen molar-refractivity contribution in [2.24, 2.45) is 0 Å². The molecule has 4 aromatic rings. The first-order valence-corrected chi connectivity index (χ1v) is 14.4. The maximum Gasteiger partial charge on any atom is 0.261 e. The molecule has 0 spiro atoms. The second-order valence-corrected chi connectivity index (χ2v) is 12.0. The first-order chi connectivity index (χ1) is 17.4. The van der Waals surface area contributed by atoms with Gasteiger partial charge in [-0.3, -0.25) is 9.52 Å². The van der Waals surface area contributed by atoms with Gasteiger partial charge in [-0.15, -0.1) is 0 Å². The molecule has 0 aliphatic heterocycles. The fourth-order valence-corrected chi connectivity index (χ4v) is 5.24. The highest BCUT2D eigenvalue weighted by Crippen LogP contribution is 2.25. The van der Waals surface area contributed by atoms with E-state index in [-0.39, 0.29) is 22.8 Å². The standard InChI is InChI=1S/C23H21F2N5O5S2/c1-3-10-37(34,35)30-17-9-8-16(24)19(20(17)25)23(31)27-14-11-18-22(26-12-14)29-21(28-18)13-4-6-15(7-5-13)36(2,32)33/h4-9,11-12,30H,3,10H2,1-2H3,(H,27,31)(H,26,28,29). The molecule has 194 valence electrons. The minimum Gasteiger partial charge on any atom is -0.323 e. The molecule has 14 heteroatoms. The van der Waals surface area contributed by atoms with Crippen molar-refractivity contribution in [2.45, 2.75) is 18.2 Å². The lowest BCUT2D eigenvalue weighted by atomic mass is 10.1. The SMILES string of the molecule is CCCS(=O)(=O)Nc1ccc(F)c(C(=O)Nc2cnc3[nH]c(-c4ccc(S(C)(=O)=O)cc4)nc3c2)c1F. The number of imidazole rings is 1. The number of nitrogens with one attached hydrogen (secondary N) is 3. The number of nitrogens with zero attached hydrogens (tertiary/aromatic N) is 2. The van der Waals surface area contributed by atoms with Crippen LogP contribution in [-0.4, -0.2) is 49.7 Å². The van der Waals surface area contributed by atoms with Crippen molar-refractivity contribution in [1.29, 1.82) is 0 Å². The number of sulfonamides is 1. The van der Waals surface area contributed by atoms with Crippen molar-refractivity contribution in [3.05, 3.63) is 65.9 Å². The molecule has 0 aliphatic carbocycles. The summed E-state index contributed by atoms with van der Waals surface area (Å²) in [5, 5.41) is 2.34. The van der Waals surface area contributed by atoms with Crippen LogP contribution in [0.1, 0.15) is 23.7 Å². The van der Waals surface area contributed by atoms with E-state index in [0.29, 0.717) is 22.6 Å². The van der Waals surface area contributed by atoms with Gasteiger partial charge in [0.25, 0.3) is 5.91 Å². The van der Waals surface area contributed by atoms with Gasteiger partial charge in [-0.1, -0.05) is 6.92 Å². The summed E-state index contributed by atoms with van der Waals surface area (Å²) in [6.07, 6.45) is 2.63. The number of hydrogen-bond acceptors (Lipinski definition) is 7. The number of aromatic amines is 1. The van der Waals surface area contributed by atoms with E-state index in [4.69, 9.17) is 0 Å². The summed E-state index contributed by atoms with van der Waals surface area (Å²) in [7, 11) is -7.23. The van der Waals surface area contributed by atoms with Gasteiger partial charge in [-0.2, -0.15) is 0 Å². The number of carbonyl (C=O) groups excluding carboxylic acids is 1. The molecule has 2 aromatic heterocycles. The van der Waals surface area contributed by atoms with E-state index < -0.39 is 48.7 Å². The second-order valence-electron chi connectivity index (χ2n) is 8.13. The highest BCUT2D eigenvalue weighted by atomic mass is 32.2. The Morgan fingerprint density at radius 2 is 1.76 bits per heavy atom. The van der Waals surface area contributed by atoms with Crippen molar-refractivity contribution < 1.29 is 30.4 Å². The Hall–Kier alpha value is -3.91. The van der Waals surface area contributed by atoms with Crippen LogP contribution in [0.3, 0.4) is 0 Å². The van der Waals surface area contributed by atoms with Gasteiger partial charge >= 0.3 is 0 Å². The zero-order chi connectivity index (χ0) is 27.0. The third-order valence-electron chi connectivity index (χ3n) is 5.21. The number of rotatable bonds is 8. The summed E-state index contributed by atoms with van der Waals surface area (Å²) in [4.78, 5) is 24.4. The van der Waals surface area contributed by atoms with E-state index >= 15 is 0 Å². The fraction of sp³-hybridized carbons (Fsp3) is 0.174. The first-order valence-electron chi connectivity index (χ1n) is 10.8. The summed E-state index contributed by atoms with van der Waals surface area (Å²) in [5.74, 6) is -3.58. The van der Waals surface area contributed by atoms with Crippen molar-refractivity contribution >= 4 is 48.3 Å². The van der Waals surface area contributed by atoms with Crippen molar-refractivity contribution in [1.82, 2.24) is 15.0 Å². The monoisotopic (exact) mass is 549 g/mol. The van der Waals surface area contributed by atoms with E-state index in [9.17, 15) is 30.4 Å². The smallest absolute Gasteiger partial charge is 0.261 e. The van der Waals surface area contributed by atoms with Crippen LogP contribution in [-0.2, 0) is 19.9 Å². The predicted molar refractivity (Wildman–Crippen MR) is 134 cm³/mol. The number of amides is 1. The normalized spacial score (nSPS) is 12.0. The Balaban J connectivity index is 1.59. The van der Waals surface area contributed by atoms with E-state index in [2.05, 4.69) is 20.3 Å². The van der Waals surface area contributed by atoms with E-state index in [1.165, 1.54) is 24.4 Å². The van der Waals surface area contributed by atoms with E-state index in [1.54, 1.807) is 19.1 Å². The predicted octanol–water partition coefficient (Wildman–Crippen LogP) is 3.71. The molecular weight excluding hydrogens is 528 g/mol. The molecule has 0 saturated carbocycles. The third kappa shape index (κ3) is 5.75. The number of H-pyrrole nitrogens is 1. The van der Waals surface area contributed by atoms with Gasteiger partial charge in [0, 0.05) is 11.8 Å². The Morgan fingerprint density at radius 1 is 1.05 bits per heavy atom. The maximum atomic E-state index is 14.9. The molecule has 0 aliphatic rings. The van der Waals surface area contributed by atoms with Gasteiger partial charge < -0.3 is 10.3 Å². The molecular formula is C23H21F2N5O5S2. The molecule has 4 rings (SSSR count). The highest BCUT2D eigenvalue weighted by molar-refractivity contribution is 7.92. The summed E-state index contributed by atoms with van der Waals surface area (Å²) in [5.41, 5.74) is -0.175. The van der Waals surface area contributed by atoms with Crippen molar-refractivity contribution in [3.8, 4) is 11.4 Å². The highest BCUT2D eigenvalue weighted by Gasteiger charge is 2.23. The summed E-state index contributed by atoms with van der Waals surface area (Å²) < 4.78 is 78.6. The molecule has 0 fully saturated rings. The van der Waals surface area contributed by atoms with Crippen LogP contribution in [0.4, 0.5) is 20.2 Å². The number of sulfone groups is 1. The van der Waals surface area contributed by atoms with Crippen LogP contribution in [0.15, 0.2) is 53.6 Å². The van der Waals surface area contributed by atoms with Crippen LogP contribution < -0.4 is 10.0 Å². The number of benzene rings is 2. The van der Waals surface area contributed by atoms with Crippen LogP contribution in [0, 0.1) is 11.6 Å². The molecule has 0 saturated heterocycles. The van der Waals surface area contributed by atoms with Crippen LogP contribution >= 0.6 is 0 Å². The lowest BCUT2D eigenvalue weighted by molar-refractivity contribution is 0.101. The van der Waals surface area contributed by atoms with Gasteiger partial charge in [-0.05, 0) is 48.9 Å². The summed E-state index contributed by atoms with van der Waals surface area (Å²) in [6, 6.07) is 9.14. The Bertz CT molecular complexity index is 1720. The number of carbonyl (C=O) groups is 1. The van der Waals surface area contributed by atoms with Gasteiger partial charge in [0.2, 0.25) is 10.0 Å². The third-order valence-corrected chi connectivity index (χ3v) is 7.81. The van der Waals surface area contributed by atoms with Crippen molar-refractivity contribution in [2.75, 3.05) is 22.0 Å². The van der Waals surface area contributed by atoms with Crippen LogP contribution in [0.25, 0.3) is 22.6 Å². The average Bonchev–Trinajstić information content (AvgIpc) is 3.24. The molecule has 0 unspecified atom stereocenters. The number of aromatic nitrogens is 3. The van der Waals surface area contributed by atoms with E-state index in [0.717, 1.165) is 18.4 Å². The topological polar surface area (TPSA) is 151 Å². The number of hydrogen-bond donors (Lipinski definition) is 3. The first kappa shape index (κ1) is 26.2. The minimum atomic E-state index is -3.87. The zero-order valence-electron chi connectivity index (χ0n) is 19.5. The summed E-state index contributed by atoms with van der Waals surface area (Å²) >= 11 is 0. The second kappa shape index (κ2) is 9.86. The van der Waals surface area contributed by atoms with Crippen molar-refractivity contribution in [3.63, 3.8) is 0 Å². The zero-order valence-corrected chi connectivity index (χ0v) is 21.2. The lowest BCUT2D eigenvalue weighted by Crippen LogP contribution is -2.20. The average molecular weight is 550 g/mol. The molecule has 0 atom stereocenters. The minimum absolute atomic E-state index is 0.0822. The molecule has 37 heavy (non-hydrogen) atoms. The molecule has 2 aromatic carbocycles. The number of pyridine rings is 1. The lowest BCUT2D eigenvalue weighted by Gasteiger charge is -2.12. The van der Waals surface area contributed by atoms with Gasteiger partial charge in [0.15, 0.2) is 21.3 Å². The number of halogens is 2. The fourth-order valence-electron chi connectivity index (χ4n) is 3.48. The Kier molecular flexibility index (Phi) is 6.97. The Labute approximate surface area is 211 Å². The van der Waals surface area contributed by atoms with Gasteiger partial charge in [0.1, 0.15) is 22.7 Å². The molecule has 3 N–H and O–H groups in total.